The Kier molecular flexibility index (Phi) is 7.38. The lowest BCUT2D eigenvalue weighted by atomic mass is 10.0. The second-order valence-corrected chi connectivity index (χ2v) is 10.4. The fourth-order valence-electron chi connectivity index (χ4n) is 3.79. The van der Waals surface area contributed by atoms with Gasteiger partial charge in [-0.3, -0.25) is 4.79 Å². The number of carbonyl (C=O) groups excluding carboxylic acids is 1. The highest BCUT2D eigenvalue weighted by Crippen LogP contribution is 2.28. The Labute approximate surface area is 211 Å². The van der Waals surface area contributed by atoms with Crippen LogP contribution in [0.4, 0.5) is 11.4 Å². The summed E-state index contributed by atoms with van der Waals surface area (Å²) in [7, 11) is -0.0846. The molecule has 3 aromatic carbocycles. The van der Waals surface area contributed by atoms with Crippen molar-refractivity contribution >= 4 is 33.4 Å². The topological polar surface area (TPSA) is 97.4 Å². The summed E-state index contributed by atoms with van der Waals surface area (Å²) in [6.45, 7) is 0.473. The number of nitrogens with two attached hydrogens (primary N) is 1. The number of amides is 1. The Hall–Kier alpha value is -4.14. The van der Waals surface area contributed by atoms with Crippen LogP contribution < -0.4 is 11.1 Å². The van der Waals surface area contributed by atoms with Crippen LogP contribution in [0.3, 0.4) is 0 Å². The third kappa shape index (κ3) is 5.73. The minimum Gasteiger partial charge on any atom is -0.397 e. The Morgan fingerprint density at radius 2 is 1.69 bits per heavy atom. The lowest BCUT2D eigenvalue weighted by molar-refractivity contribution is -0.111. The van der Waals surface area contributed by atoms with Gasteiger partial charge in [0.25, 0.3) is 10.0 Å². The van der Waals surface area contributed by atoms with Gasteiger partial charge in [-0.1, -0.05) is 54.6 Å². The molecule has 0 aliphatic rings. The van der Waals surface area contributed by atoms with E-state index in [4.69, 9.17) is 5.73 Å². The average Bonchev–Trinajstić information content (AvgIpc) is 3.35. The van der Waals surface area contributed by atoms with Gasteiger partial charge in [-0.25, -0.2) is 12.4 Å². The van der Waals surface area contributed by atoms with Gasteiger partial charge in [0.1, 0.15) is 0 Å². The minimum absolute atomic E-state index is 0.237. The van der Waals surface area contributed by atoms with Gasteiger partial charge in [-0.15, -0.1) is 0 Å². The van der Waals surface area contributed by atoms with E-state index in [0.717, 1.165) is 11.1 Å². The van der Waals surface area contributed by atoms with Crippen LogP contribution in [0.25, 0.3) is 17.2 Å². The summed E-state index contributed by atoms with van der Waals surface area (Å²) in [5.41, 5.74) is 9.86. The summed E-state index contributed by atoms with van der Waals surface area (Å²) in [5, 5.41) is 2.71. The number of nitrogens with one attached hydrogen (secondary N) is 1. The lowest BCUT2D eigenvalue weighted by Gasteiger charge is -2.16. The molecule has 0 bridgehead atoms. The van der Waals surface area contributed by atoms with Crippen molar-refractivity contribution in [1.29, 1.82) is 0 Å². The standard InChI is InChI=1S/C28H28N4O3S/c1-31(2)20-24-14-13-23(22-8-4-3-5-9-22)18-27(24)36(34,35)32-17-16-21(19-32)12-15-28(33)30-26-11-7-6-10-25(26)29/h3-19H,20,29H2,1-2H3,(H,30,33). The quantitative estimate of drug-likeness (QED) is 0.270. The van der Waals surface area contributed by atoms with E-state index in [1.165, 1.54) is 22.4 Å². The second kappa shape index (κ2) is 10.6. The first kappa shape index (κ1) is 25.0. The monoisotopic (exact) mass is 500 g/mol. The van der Waals surface area contributed by atoms with Crippen molar-refractivity contribution in [1.82, 2.24) is 8.87 Å². The minimum atomic E-state index is -3.88. The van der Waals surface area contributed by atoms with Crippen molar-refractivity contribution < 1.29 is 13.2 Å². The van der Waals surface area contributed by atoms with Gasteiger partial charge < -0.3 is 16.0 Å². The molecular formula is C28H28N4O3S. The summed E-state index contributed by atoms with van der Waals surface area (Å²) >= 11 is 0. The largest absolute Gasteiger partial charge is 0.397 e. The molecule has 7 nitrogen and oxygen atoms in total. The number of hydrogen-bond acceptors (Lipinski definition) is 5. The molecule has 3 N–H and O–H groups in total. The summed E-state index contributed by atoms with van der Waals surface area (Å²) in [6.07, 6.45) is 5.87. The number of nitrogen functional groups attached to an aromatic ring is 1. The first-order valence-electron chi connectivity index (χ1n) is 11.3. The Balaban J connectivity index is 1.62. The third-order valence-electron chi connectivity index (χ3n) is 5.55. The molecule has 0 atom stereocenters. The number of carbonyl (C=O) groups is 1. The maximum Gasteiger partial charge on any atom is 0.267 e. The van der Waals surface area contributed by atoms with Crippen LogP contribution in [0.15, 0.2) is 102 Å². The second-order valence-electron chi connectivity index (χ2n) is 8.62. The van der Waals surface area contributed by atoms with Crippen molar-refractivity contribution in [3.05, 3.63) is 108 Å². The van der Waals surface area contributed by atoms with Crippen molar-refractivity contribution in [2.24, 2.45) is 0 Å². The summed E-state index contributed by atoms with van der Waals surface area (Å²) in [4.78, 5) is 14.5. The van der Waals surface area contributed by atoms with Crippen LogP contribution in [0.1, 0.15) is 11.1 Å². The van der Waals surface area contributed by atoms with Gasteiger partial charge in [0, 0.05) is 25.0 Å². The molecule has 0 radical (unpaired) electrons. The molecule has 0 fully saturated rings. The molecule has 4 aromatic rings. The Morgan fingerprint density at radius 1 is 0.972 bits per heavy atom. The van der Waals surface area contributed by atoms with Crippen molar-refractivity contribution in [2.45, 2.75) is 11.4 Å². The van der Waals surface area contributed by atoms with E-state index in [-0.39, 0.29) is 10.8 Å². The smallest absolute Gasteiger partial charge is 0.267 e. The molecule has 1 heterocycles. The van der Waals surface area contributed by atoms with Crippen molar-refractivity contribution in [3.8, 4) is 11.1 Å². The van der Waals surface area contributed by atoms with Crippen LogP contribution >= 0.6 is 0 Å². The van der Waals surface area contributed by atoms with E-state index >= 15 is 0 Å². The maximum atomic E-state index is 13.7. The van der Waals surface area contributed by atoms with Gasteiger partial charge in [0.2, 0.25) is 5.91 Å². The molecule has 0 aliphatic carbocycles. The number of hydrogen-bond donors (Lipinski definition) is 2. The molecule has 36 heavy (non-hydrogen) atoms. The van der Waals surface area contributed by atoms with Gasteiger partial charge in [-0.2, -0.15) is 0 Å². The van der Waals surface area contributed by atoms with E-state index in [1.54, 1.807) is 42.5 Å². The highest BCUT2D eigenvalue weighted by atomic mass is 32.2. The van der Waals surface area contributed by atoms with E-state index in [1.807, 2.05) is 61.5 Å². The van der Waals surface area contributed by atoms with Crippen LogP contribution in [0, 0.1) is 0 Å². The van der Waals surface area contributed by atoms with E-state index < -0.39 is 10.0 Å². The Morgan fingerprint density at radius 3 is 2.42 bits per heavy atom. The highest BCUT2D eigenvalue weighted by Gasteiger charge is 2.22. The maximum absolute atomic E-state index is 13.7. The Bertz CT molecular complexity index is 1510. The average molecular weight is 501 g/mol. The number of rotatable bonds is 8. The van der Waals surface area contributed by atoms with Gasteiger partial charge in [-0.05, 0) is 66.7 Å². The van der Waals surface area contributed by atoms with Gasteiger partial charge in [0.15, 0.2) is 0 Å². The molecule has 184 valence electrons. The number of nitrogens with zero attached hydrogens (tertiary/aromatic N) is 2. The number of anilines is 2. The van der Waals surface area contributed by atoms with Crippen molar-refractivity contribution in [3.63, 3.8) is 0 Å². The summed E-state index contributed by atoms with van der Waals surface area (Å²) in [6, 6.07) is 23.8. The molecule has 8 heteroatoms. The molecule has 0 spiro atoms. The molecule has 0 saturated carbocycles. The van der Waals surface area contributed by atoms with Gasteiger partial charge >= 0.3 is 0 Å². The molecule has 0 unspecified atom stereocenters. The normalized spacial score (nSPS) is 11.8. The fraction of sp³-hybridized carbons (Fsp3) is 0.107. The highest BCUT2D eigenvalue weighted by molar-refractivity contribution is 7.90. The van der Waals surface area contributed by atoms with E-state index in [0.29, 0.717) is 29.0 Å². The van der Waals surface area contributed by atoms with E-state index in [2.05, 4.69) is 5.32 Å². The van der Waals surface area contributed by atoms with Crippen molar-refractivity contribution in [2.75, 3.05) is 25.1 Å². The first-order valence-corrected chi connectivity index (χ1v) is 12.8. The molecule has 0 saturated heterocycles. The summed E-state index contributed by atoms with van der Waals surface area (Å²) in [5.74, 6) is -0.368. The van der Waals surface area contributed by atoms with Gasteiger partial charge in [0.05, 0.1) is 16.3 Å². The number of benzene rings is 3. The molecule has 0 aliphatic heterocycles. The molecule has 1 amide bonds. The zero-order valence-electron chi connectivity index (χ0n) is 20.1. The SMILES string of the molecule is CN(C)Cc1ccc(-c2ccccc2)cc1S(=O)(=O)n1ccc(C=CC(=O)Nc2ccccc2N)c1. The third-order valence-corrected chi connectivity index (χ3v) is 7.27. The van der Waals surface area contributed by atoms with Crippen LogP contribution in [-0.2, 0) is 21.4 Å². The number of para-hydroxylation sites is 2. The summed E-state index contributed by atoms with van der Waals surface area (Å²) < 4.78 is 28.5. The van der Waals surface area contributed by atoms with E-state index in [9.17, 15) is 13.2 Å². The molecule has 1 aromatic heterocycles. The lowest BCUT2D eigenvalue weighted by Crippen LogP contribution is -2.17. The fourth-order valence-corrected chi connectivity index (χ4v) is 5.24. The van der Waals surface area contributed by atoms with Crippen LogP contribution in [0.2, 0.25) is 0 Å². The molecular weight excluding hydrogens is 472 g/mol. The zero-order valence-corrected chi connectivity index (χ0v) is 20.9. The number of aromatic nitrogens is 1. The molecule has 4 rings (SSSR count). The predicted octanol–water partition coefficient (Wildman–Crippen LogP) is 4.69. The zero-order chi connectivity index (χ0) is 25.7. The van der Waals surface area contributed by atoms with Crippen LogP contribution in [0.5, 0.6) is 0 Å². The first-order chi connectivity index (χ1) is 17.2. The van der Waals surface area contributed by atoms with Crippen LogP contribution in [-0.4, -0.2) is 37.3 Å². The predicted molar refractivity (Wildman–Crippen MR) is 145 cm³/mol.